The van der Waals surface area contributed by atoms with E-state index in [-0.39, 0.29) is 46.5 Å². The van der Waals surface area contributed by atoms with Crippen LogP contribution in [0.5, 0.6) is 5.75 Å². The van der Waals surface area contributed by atoms with Gasteiger partial charge in [-0.1, -0.05) is 30.7 Å². The van der Waals surface area contributed by atoms with Crippen LogP contribution in [-0.4, -0.2) is 0 Å². The van der Waals surface area contributed by atoms with Crippen molar-refractivity contribution in [1.29, 1.82) is 0 Å². The van der Waals surface area contributed by atoms with Crippen molar-refractivity contribution in [3.8, 4) is 5.75 Å². The van der Waals surface area contributed by atoms with E-state index in [1.807, 2.05) is 0 Å². The first-order valence-corrected chi connectivity index (χ1v) is 6.55. The molecule has 1 aliphatic rings. The molecule has 0 bridgehead atoms. The summed E-state index contributed by atoms with van der Waals surface area (Å²) in [5, 5.41) is 0. The predicted molar refractivity (Wildman–Crippen MR) is 76.9 cm³/mol. The first-order valence-electron chi connectivity index (χ1n) is 6.55. The second-order valence-corrected chi connectivity index (χ2v) is 5.46. The zero-order chi connectivity index (χ0) is 13.4. The number of hydrogen-bond donors (Lipinski definition) is 0. The second-order valence-electron chi connectivity index (χ2n) is 5.46. The summed E-state index contributed by atoms with van der Waals surface area (Å²) in [6.45, 7) is 12.8. The topological polar surface area (TPSA) is 9.23 Å². The van der Waals surface area contributed by atoms with Gasteiger partial charge in [0.05, 0.1) is 0 Å². The summed E-state index contributed by atoms with van der Waals surface area (Å²) in [7, 11) is 0. The van der Waals surface area contributed by atoms with Crippen LogP contribution >= 0.6 is 0 Å². The Hall–Kier alpha value is -0.206. The summed E-state index contributed by atoms with van der Waals surface area (Å²) in [5.41, 5.74) is 6.33. The quantitative estimate of drug-likeness (QED) is 0.606. The minimum absolute atomic E-state index is 0. The molecule has 0 aromatic heterocycles. The van der Waals surface area contributed by atoms with Gasteiger partial charge < -0.3 is 29.6 Å². The van der Waals surface area contributed by atoms with Crippen molar-refractivity contribution in [3.05, 3.63) is 51.8 Å². The van der Waals surface area contributed by atoms with Gasteiger partial charge in [0, 0.05) is 5.92 Å². The predicted octanol–water partition coefficient (Wildman–Crippen LogP) is -1.13. The van der Waals surface area contributed by atoms with Crippen LogP contribution in [0.25, 0.3) is 0 Å². The molecule has 1 aliphatic carbocycles. The molecular weight excluding hydrogens is 339 g/mol. The summed E-state index contributed by atoms with van der Waals surface area (Å²) in [6.07, 6.45) is 2.27. The molecule has 0 spiro atoms. The Morgan fingerprint density at radius 2 is 1.38 bits per heavy atom. The van der Waals surface area contributed by atoms with Gasteiger partial charge in [-0.25, -0.2) is 0 Å². The minimum Gasteiger partial charge on any atom is -1.00 e. The van der Waals surface area contributed by atoms with Gasteiger partial charge in [0.2, 0.25) is 0 Å². The normalized spacial score (nSPS) is 16.5. The van der Waals surface area contributed by atoms with Crippen molar-refractivity contribution in [1.82, 2.24) is 0 Å². The molecule has 0 saturated heterocycles. The third kappa shape index (κ3) is 4.89. The van der Waals surface area contributed by atoms with Gasteiger partial charge in [0.15, 0.2) is 0 Å². The molecule has 0 N–H and O–H groups in total. The molecule has 0 heterocycles. The molecule has 1 aromatic rings. The van der Waals surface area contributed by atoms with Crippen molar-refractivity contribution in [2.24, 2.45) is 5.92 Å². The SMILES string of the molecule is CC1=CC(C)C(Oc2c(C)cc(C)cc2C)=C1C.[Cl-].[Cl-].[Ti+2]. The van der Waals surface area contributed by atoms with Gasteiger partial charge >= 0.3 is 21.7 Å². The Morgan fingerprint density at radius 1 is 0.905 bits per heavy atom. The molecule has 0 amide bonds. The monoisotopic (exact) mass is 360 g/mol. The summed E-state index contributed by atoms with van der Waals surface area (Å²) >= 11 is 0. The fourth-order valence-electron chi connectivity index (χ4n) is 2.72. The van der Waals surface area contributed by atoms with Gasteiger partial charge in [0.1, 0.15) is 11.5 Å². The minimum atomic E-state index is 0. The standard InChI is InChI=1S/C17H22O.2ClH.Ti/c1-10-7-12(3)16(13(4)8-10)18-17-14(5)9-11(2)15(17)6;;;/h7-9,14H,1-6H3;2*1H;/q;;;+2/p-2. The third-order valence-corrected chi connectivity index (χ3v) is 3.69. The van der Waals surface area contributed by atoms with Gasteiger partial charge in [-0.15, -0.1) is 0 Å². The number of aryl methyl sites for hydroxylation is 3. The van der Waals surface area contributed by atoms with Crippen molar-refractivity contribution < 1.29 is 51.3 Å². The summed E-state index contributed by atoms with van der Waals surface area (Å²) in [4.78, 5) is 0. The molecule has 114 valence electrons. The first kappa shape index (κ1) is 23.1. The smallest absolute Gasteiger partial charge is 1.00 e. The van der Waals surface area contributed by atoms with Crippen LogP contribution < -0.4 is 29.6 Å². The fraction of sp³-hybridized carbons (Fsp3) is 0.412. The molecule has 1 unspecified atom stereocenters. The van der Waals surface area contributed by atoms with Crippen LogP contribution in [-0.2, 0) is 21.7 Å². The Balaban J connectivity index is 0. The van der Waals surface area contributed by atoms with E-state index in [0.29, 0.717) is 5.92 Å². The van der Waals surface area contributed by atoms with E-state index in [4.69, 9.17) is 4.74 Å². The first-order chi connectivity index (χ1) is 8.40. The Bertz CT molecular complexity index is 539. The van der Waals surface area contributed by atoms with E-state index in [1.165, 1.54) is 27.8 Å². The summed E-state index contributed by atoms with van der Waals surface area (Å²) in [6, 6.07) is 4.36. The van der Waals surface area contributed by atoms with E-state index in [2.05, 4.69) is 59.8 Å². The van der Waals surface area contributed by atoms with E-state index in [0.717, 1.165) is 11.5 Å². The molecule has 1 aromatic carbocycles. The molecule has 2 rings (SSSR count). The van der Waals surface area contributed by atoms with Crippen LogP contribution in [0.4, 0.5) is 0 Å². The molecule has 0 fully saturated rings. The summed E-state index contributed by atoms with van der Waals surface area (Å²) in [5.74, 6) is 2.50. The van der Waals surface area contributed by atoms with E-state index >= 15 is 0 Å². The van der Waals surface area contributed by atoms with Crippen molar-refractivity contribution in [2.75, 3.05) is 0 Å². The average molecular weight is 361 g/mol. The van der Waals surface area contributed by atoms with Gasteiger partial charge in [0.25, 0.3) is 0 Å². The van der Waals surface area contributed by atoms with Gasteiger partial charge in [-0.05, 0) is 56.9 Å². The third-order valence-electron chi connectivity index (χ3n) is 3.69. The van der Waals surface area contributed by atoms with E-state index in [1.54, 1.807) is 0 Å². The number of halogens is 2. The molecule has 0 radical (unpaired) electrons. The number of ether oxygens (including phenoxy) is 1. The Morgan fingerprint density at radius 3 is 1.76 bits per heavy atom. The zero-order valence-corrected chi connectivity index (χ0v) is 16.5. The zero-order valence-electron chi connectivity index (χ0n) is 13.5. The molecule has 0 saturated carbocycles. The van der Waals surface area contributed by atoms with Gasteiger partial charge in [-0.2, -0.15) is 0 Å². The van der Waals surface area contributed by atoms with Crippen LogP contribution in [0.2, 0.25) is 0 Å². The van der Waals surface area contributed by atoms with Crippen LogP contribution in [0.15, 0.2) is 35.1 Å². The summed E-state index contributed by atoms with van der Waals surface area (Å²) < 4.78 is 6.21. The fourth-order valence-corrected chi connectivity index (χ4v) is 2.72. The second kappa shape index (κ2) is 9.05. The van der Waals surface area contributed by atoms with Crippen LogP contribution in [0.1, 0.15) is 37.5 Å². The molecule has 1 nitrogen and oxygen atoms in total. The molecular formula is C17H22Cl2OTi. The maximum absolute atomic E-state index is 6.21. The van der Waals surface area contributed by atoms with Crippen molar-refractivity contribution in [2.45, 2.75) is 41.5 Å². The number of allylic oxidation sites excluding steroid dienone is 3. The molecule has 1 atom stereocenters. The molecule has 4 heteroatoms. The van der Waals surface area contributed by atoms with E-state index < -0.39 is 0 Å². The number of hydrogen-bond acceptors (Lipinski definition) is 1. The molecule has 21 heavy (non-hydrogen) atoms. The molecule has 0 aliphatic heterocycles. The average Bonchev–Trinajstić information content (AvgIpc) is 2.48. The number of rotatable bonds is 2. The maximum atomic E-state index is 6.21. The maximum Gasteiger partial charge on any atom is 2.00 e. The Kier molecular flexibility index (Phi) is 9.94. The number of benzene rings is 1. The van der Waals surface area contributed by atoms with Gasteiger partial charge in [-0.3, -0.25) is 0 Å². The van der Waals surface area contributed by atoms with Crippen molar-refractivity contribution in [3.63, 3.8) is 0 Å². The largest absolute Gasteiger partial charge is 2.00 e. The van der Waals surface area contributed by atoms with Crippen LogP contribution in [0, 0.1) is 26.7 Å². The Labute approximate surface area is 155 Å². The van der Waals surface area contributed by atoms with Crippen LogP contribution in [0.3, 0.4) is 0 Å². The van der Waals surface area contributed by atoms with E-state index in [9.17, 15) is 0 Å². The van der Waals surface area contributed by atoms with Crippen molar-refractivity contribution >= 4 is 0 Å².